The Morgan fingerprint density at radius 1 is 0.909 bits per heavy atom. The van der Waals surface area contributed by atoms with Crippen molar-refractivity contribution in [3.8, 4) is 23.7 Å². The molecule has 0 saturated heterocycles. The third-order valence-corrected chi connectivity index (χ3v) is 3.51. The molecule has 3 N–H and O–H groups in total. The maximum atomic E-state index is 10.1. The van der Waals surface area contributed by atoms with Gasteiger partial charge in [0.2, 0.25) is 0 Å². The van der Waals surface area contributed by atoms with E-state index in [1.165, 1.54) is 26.4 Å². The van der Waals surface area contributed by atoms with Gasteiger partial charge in [-0.05, 0) is 24.7 Å². The molecule has 0 rings (SSSR count). The van der Waals surface area contributed by atoms with Crippen molar-refractivity contribution in [2.45, 2.75) is 83.2 Å². The maximum Gasteiger partial charge on any atom is 0.144 e. The van der Waals surface area contributed by atoms with Crippen LogP contribution < -0.4 is 0 Å². The summed E-state index contributed by atoms with van der Waals surface area (Å²) in [5, 5.41) is 29.2. The predicted molar refractivity (Wildman–Crippen MR) is 88.0 cm³/mol. The molecular weight excluding hydrogens is 280 g/mol. The summed E-state index contributed by atoms with van der Waals surface area (Å²) < 4.78 is 5.25. The summed E-state index contributed by atoms with van der Waals surface area (Å²) in [5.41, 5.74) is 0. The first-order valence-electron chi connectivity index (χ1n) is 8.14. The van der Waals surface area contributed by atoms with Crippen LogP contribution in [0.15, 0.2) is 0 Å². The van der Waals surface area contributed by atoms with E-state index in [1.807, 2.05) is 6.92 Å². The summed E-state index contributed by atoms with van der Waals surface area (Å²) in [5.74, 6) is 9.94. The Labute approximate surface area is 134 Å². The lowest BCUT2D eigenvalue weighted by atomic mass is 10.0. The number of ether oxygens (including phenoxy) is 1. The van der Waals surface area contributed by atoms with Gasteiger partial charge in [-0.1, -0.05) is 57.8 Å². The van der Waals surface area contributed by atoms with Gasteiger partial charge in [-0.15, -0.1) is 0 Å². The monoisotopic (exact) mass is 310 g/mol. The zero-order valence-corrected chi connectivity index (χ0v) is 14.0. The van der Waals surface area contributed by atoms with Crippen molar-refractivity contribution in [3.05, 3.63) is 0 Å². The van der Waals surface area contributed by atoms with Gasteiger partial charge in [-0.3, -0.25) is 0 Å². The fourth-order valence-electron chi connectivity index (χ4n) is 2.00. The SMILES string of the molecule is CCCCCCC[C@H](OC)[C@H](O)[C@H](O)C#CC#C[C@@H](O)CC. The zero-order chi connectivity index (χ0) is 16.8. The van der Waals surface area contributed by atoms with E-state index in [1.54, 1.807) is 0 Å². The lowest BCUT2D eigenvalue weighted by Gasteiger charge is -2.23. The van der Waals surface area contributed by atoms with E-state index >= 15 is 0 Å². The second-order valence-corrected chi connectivity index (χ2v) is 5.38. The first kappa shape index (κ1) is 21.0. The van der Waals surface area contributed by atoms with Gasteiger partial charge in [-0.2, -0.15) is 0 Å². The lowest BCUT2D eigenvalue weighted by molar-refractivity contribution is -0.0611. The largest absolute Gasteiger partial charge is 0.387 e. The van der Waals surface area contributed by atoms with Crippen molar-refractivity contribution in [2.24, 2.45) is 0 Å². The van der Waals surface area contributed by atoms with Crippen molar-refractivity contribution in [1.29, 1.82) is 0 Å². The Hall–Kier alpha value is -1.04. The van der Waals surface area contributed by atoms with Crippen molar-refractivity contribution >= 4 is 0 Å². The number of methoxy groups -OCH3 is 1. The molecule has 0 aliphatic rings. The topological polar surface area (TPSA) is 69.9 Å². The van der Waals surface area contributed by atoms with Gasteiger partial charge in [0.15, 0.2) is 0 Å². The molecule has 0 aromatic carbocycles. The summed E-state index contributed by atoms with van der Waals surface area (Å²) >= 11 is 0. The van der Waals surface area contributed by atoms with Crippen LogP contribution in [0.3, 0.4) is 0 Å². The first-order valence-corrected chi connectivity index (χ1v) is 8.14. The van der Waals surface area contributed by atoms with Crippen molar-refractivity contribution in [1.82, 2.24) is 0 Å². The van der Waals surface area contributed by atoms with E-state index in [2.05, 4.69) is 30.6 Å². The fraction of sp³-hybridized carbons (Fsp3) is 0.778. The minimum Gasteiger partial charge on any atom is -0.387 e. The molecule has 22 heavy (non-hydrogen) atoms. The van der Waals surface area contributed by atoms with Crippen LogP contribution in [0.4, 0.5) is 0 Å². The average Bonchev–Trinajstić information content (AvgIpc) is 2.53. The molecule has 0 spiro atoms. The standard InChI is InChI=1S/C18H30O4/c1-4-6-7-8-9-14-17(22-3)18(21)16(20)13-11-10-12-15(19)5-2/h15-21H,4-9,14H2,1-3H3/t15-,16+,17-,18+/m0/s1. The van der Waals surface area contributed by atoms with Crippen LogP contribution in [-0.2, 0) is 4.74 Å². The normalized spacial score (nSPS) is 15.7. The second kappa shape index (κ2) is 13.6. The van der Waals surface area contributed by atoms with Crippen LogP contribution in [0.1, 0.15) is 58.8 Å². The summed E-state index contributed by atoms with van der Waals surface area (Å²) in [7, 11) is 1.53. The Kier molecular flexibility index (Phi) is 13.0. The third kappa shape index (κ3) is 9.82. The highest BCUT2D eigenvalue weighted by atomic mass is 16.5. The van der Waals surface area contributed by atoms with Crippen molar-refractivity contribution in [3.63, 3.8) is 0 Å². The van der Waals surface area contributed by atoms with E-state index in [4.69, 9.17) is 4.74 Å². The predicted octanol–water partition coefficient (Wildman–Crippen LogP) is 1.86. The van der Waals surface area contributed by atoms with E-state index in [-0.39, 0.29) is 0 Å². The number of aliphatic hydroxyl groups is 3. The molecule has 0 amide bonds. The summed E-state index contributed by atoms with van der Waals surface area (Å²) in [6.45, 7) is 3.98. The van der Waals surface area contributed by atoms with Gasteiger partial charge in [0.05, 0.1) is 6.10 Å². The van der Waals surface area contributed by atoms with Gasteiger partial charge >= 0.3 is 0 Å². The van der Waals surface area contributed by atoms with Crippen LogP contribution in [0.25, 0.3) is 0 Å². The molecule has 0 unspecified atom stereocenters. The quantitative estimate of drug-likeness (QED) is 0.425. The van der Waals surface area contributed by atoms with Gasteiger partial charge in [0.1, 0.15) is 18.3 Å². The Bertz CT molecular complexity index is 385. The summed E-state index contributed by atoms with van der Waals surface area (Å²) in [6, 6.07) is 0. The number of hydrogen-bond acceptors (Lipinski definition) is 4. The molecule has 0 aliphatic carbocycles. The molecule has 0 aliphatic heterocycles. The van der Waals surface area contributed by atoms with Crippen LogP contribution in [0, 0.1) is 23.7 Å². The Morgan fingerprint density at radius 3 is 2.14 bits per heavy atom. The molecule has 4 nitrogen and oxygen atoms in total. The highest BCUT2D eigenvalue weighted by Crippen LogP contribution is 2.13. The molecule has 0 heterocycles. The number of aliphatic hydroxyl groups excluding tert-OH is 3. The molecular formula is C18H30O4. The van der Waals surface area contributed by atoms with E-state index < -0.39 is 24.4 Å². The summed E-state index contributed by atoms with van der Waals surface area (Å²) in [6.07, 6.45) is 3.49. The summed E-state index contributed by atoms with van der Waals surface area (Å²) in [4.78, 5) is 0. The maximum absolute atomic E-state index is 10.1. The van der Waals surface area contributed by atoms with Gasteiger partial charge in [-0.25, -0.2) is 0 Å². The highest BCUT2D eigenvalue weighted by Gasteiger charge is 2.24. The van der Waals surface area contributed by atoms with E-state index in [9.17, 15) is 15.3 Å². The molecule has 0 aromatic heterocycles. The molecule has 0 saturated carbocycles. The van der Waals surface area contributed by atoms with Crippen LogP contribution in [-0.4, -0.2) is 46.8 Å². The van der Waals surface area contributed by atoms with Gasteiger partial charge in [0.25, 0.3) is 0 Å². The molecule has 126 valence electrons. The molecule has 4 heteroatoms. The van der Waals surface area contributed by atoms with Crippen LogP contribution >= 0.6 is 0 Å². The molecule has 0 radical (unpaired) electrons. The smallest absolute Gasteiger partial charge is 0.144 e. The van der Waals surface area contributed by atoms with E-state index in [0.717, 1.165) is 12.8 Å². The van der Waals surface area contributed by atoms with Gasteiger partial charge in [0, 0.05) is 7.11 Å². The molecule has 0 fully saturated rings. The first-order chi connectivity index (χ1) is 10.6. The Morgan fingerprint density at radius 2 is 1.55 bits per heavy atom. The lowest BCUT2D eigenvalue weighted by Crippen LogP contribution is -2.37. The van der Waals surface area contributed by atoms with E-state index in [0.29, 0.717) is 12.8 Å². The molecule has 0 aromatic rings. The average molecular weight is 310 g/mol. The number of rotatable bonds is 10. The third-order valence-electron chi connectivity index (χ3n) is 3.51. The number of unbranched alkanes of at least 4 members (excludes halogenated alkanes) is 4. The zero-order valence-electron chi connectivity index (χ0n) is 14.0. The minimum absolute atomic E-state index is 0.430. The minimum atomic E-state index is -1.20. The molecule has 4 atom stereocenters. The second-order valence-electron chi connectivity index (χ2n) is 5.38. The van der Waals surface area contributed by atoms with Crippen LogP contribution in [0.5, 0.6) is 0 Å². The van der Waals surface area contributed by atoms with Crippen molar-refractivity contribution in [2.75, 3.05) is 7.11 Å². The van der Waals surface area contributed by atoms with Crippen molar-refractivity contribution < 1.29 is 20.1 Å². The Balaban J connectivity index is 4.28. The highest BCUT2D eigenvalue weighted by molar-refractivity contribution is 5.29. The number of hydrogen-bond donors (Lipinski definition) is 3. The fourth-order valence-corrected chi connectivity index (χ4v) is 2.00. The van der Waals surface area contributed by atoms with Gasteiger partial charge < -0.3 is 20.1 Å². The van der Waals surface area contributed by atoms with Crippen LogP contribution in [0.2, 0.25) is 0 Å². The molecule has 0 bridgehead atoms.